The Morgan fingerprint density at radius 1 is 1.06 bits per heavy atom. The number of hydrogen-bond donors (Lipinski definition) is 1. The average Bonchev–Trinajstić information content (AvgIpc) is 3.20. The van der Waals surface area contributed by atoms with Crippen LogP contribution in [0.25, 0.3) is 0 Å². The van der Waals surface area contributed by atoms with Crippen LogP contribution >= 0.6 is 0 Å². The van der Waals surface area contributed by atoms with Gasteiger partial charge in [-0.15, -0.1) is 0 Å². The largest absolute Gasteiger partial charge is 0.494 e. The molecule has 0 saturated heterocycles. The van der Waals surface area contributed by atoms with Crippen molar-refractivity contribution in [1.29, 1.82) is 0 Å². The van der Waals surface area contributed by atoms with Gasteiger partial charge in [-0.1, -0.05) is 32.0 Å². The maximum Gasteiger partial charge on any atom is 0.329 e. The number of fused-ring (bicyclic) bond motifs is 1. The first-order chi connectivity index (χ1) is 14.9. The number of ether oxygens (including phenoxy) is 2. The second-order valence-electron chi connectivity index (χ2n) is 7.68. The molecular formula is C24H28N2O5. The molecule has 0 bridgehead atoms. The van der Waals surface area contributed by atoms with Crippen LogP contribution in [-0.4, -0.2) is 43.6 Å². The van der Waals surface area contributed by atoms with Gasteiger partial charge in [-0.2, -0.15) is 0 Å². The second kappa shape index (κ2) is 10.1. The molecular weight excluding hydrogens is 396 g/mol. The summed E-state index contributed by atoms with van der Waals surface area (Å²) in [5, 5.41) is 2.71. The van der Waals surface area contributed by atoms with Gasteiger partial charge in [0.25, 0.3) is 11.8 Å². The number of anilines is 1. The maximum atomic E-state index is 12.6. The SMILES string of the molecule is CCOc1ccc(C(=O)N[C@H](C(=O)OCC(=O)N2CCc3ccccc32)C(C)C)cc1. The number of hydrogen-bond acceptors (Lipinski definition) is 5. The lowest BCUT2D eigenvalue weighted by Gasteiger charge is -2.22. The van der Waals surface area contributed by atoms with Gasteiger partial charge in [0.05, 0.1) is 6.61 Å². The van der Waals surface area contributed by atoms with Crippen molar-refractivity contribution in [3.05, 3.63) is 59.7 Å². The van der Waals surface area contributed by atoms with Gasteiger partial charge in [-0.25, -0.2) is 4.79 Å². The molecule has 0 aliphatic carbocycles. The van der Waals surface area contributed by atoms with E-state index in [4.69, 9.17) is 9.47 Å². The van der Waals surface area contributed by atoms with E-state index >= 15 is 0 Å². The van der Waals surface area contributed by atoms with Crippen LogP contribution in [0.3, 0.4) is 0 Å². The summed E-state index contributed by atoms with van der Waals surface area (Å²) in [7, 11) is 0. The zero-order chi connectivity index (χ0) is 22.4. The van der Waals surface area contributed by atoms with Gasteiger partial charge in [0.1, 0.15) is 11.8 Å². The molecule has 3 rings (SSSR count). The number of benzene rings is 2. The first kappa shape index (κ1) is 22.3. The Hall–Kier alpha value is -3.35. The number of nitrogens with zero attached hydrogens (tertiary/aromatic N) is 1. The Kier molecular flexibility index (Phi) is 7.28. The molecule has 1 atom stereocenters. The zero-order valence-corrected chi connectivity index (χ0v) is 18.1. The van der Waals surface area contributed by atoms with Crippen LogP contribution in [-0.2, 0) is 20.7 Å². The molecule has 0 fully saturated rings. The van der Waals surface area contributed by atoms with Gasteiger partial charge in [0.15, 0.2) is 6.61 Å². The maximum absolute atomic E-state index is 12.6. The van der Waals surface area contributed by atoms with E-state index in [0.717, 1.165) is 17.7 Å². The van der Waals surface area contributed by atoms with Crippen LogP contribution in [0.2, 0.25) is 0 Å². The van der Waals surface area contributed by atoms with Crippen molar-refractivity contribution < 1.29 is 23.9 Å². The lowest BCUT2D eigenvalue weighted by atomic mass is 10.0. The van der Waals surface area contributed by atoms with E-state index in [0.29, 0.717) is 24.5 Å². The van der Waals surface area contributed by atoms with Crippen LogP contribution in [0, 0.1) is 5.92 Å². The Morgan fingerprint density at radius 3 is 2.45 bits per heavy atom. The minimum absolute atomic E-state index is 0.207. The molecule has 1 N–H and O–H groups in total. The molecule has 7 nitrogen and oxygen atoms in total. The summed E-state index contributed by atoms with van der Waals surface area (Å²) in [5.41, 5.74) is 2.37. The highest BCUT2D eigenvalue weighted by atomic mass is 16.5. The molecule has 0 saturated carbocycles. The third-order valence-corrected chi connectivity index (χ3v) is 5.16. The number of rotatable bonds is 8. The molecule has 2 amide bonds. The minimum atomic E-state index is -0.863. The average molecular weight is 424 g/mol. The Balaban J connectivity index is 1.58. The van der Waals surface area contributed by atoms with Crippen LogP contribution in [0.15, 0.2) is 48.5 Å². The quantitative estimate of drug-likeness (QED) is 0.659. The number of nitrogens with one attached hydrogen (secondary N) is 1. The summed E-state index contributed by atoms with van der Waals surface area (Å²) in [6, 6.07) is 13.5. The fourth-order valence-electron chi connectivity index (χ4n) is 3.49. The van der Waals surface area contributed by atoms with E-state index in [1.54, 1.807) is 29.2 Å². The van der Waals surface area contributed by atoms with Gasteiger partial charge in [0, 0.05) is 17.8 Å². The smallest absolute Gasteiger partial charge is 0.329 e. The third kappa shape index (κ3) is 5.42. The van der Waals surface area contributed by atoms with Crippen molar-refractivity contribution >= 4 is 23.5 Å². The Bertz CT molecular complexity index is 939. The summed E-state index contributed by atoms with van der Waals surface area (Å²) in [6.07, 6.45) is 0.780. The van der Waals surface area contributed by atoms with E-state index in [-0.39, 0.29) is 18.4 Å². The number of para-hydroxylation sites is 1. The Morgan fingerprint density at radius 2 is 1.77 bits per heavy atom. The highest BCUT2D eigenvalue weighted by Crippen LogP contribution is 2.27. The molecule has 1 aliphatic heterocycles. The molecule has 164 valence electrons. The van der Waals surface area contributed by atoms with Crippen LogP contribution in [0.4, 0.5) is 5.69 Å². The van der Waals surface area contributed by atoms with Crippen molar-refractivity contribution in [3.63, 3.8) is 0 Å². The van der Waals surface area contributed by atoms with Crippen LogP contribution in [0.5, 0.6) is 5.75 Å². The fraction of sp³-hybridized carbons (Fsp3) is 0.375. The first-order valence-electron chi connectivity index (χ1n) is 10.5. The zero-order valence-electron chi connectivity index (χ0n) is 18.1. The summed E-state index contributed by atoms with van der Waals surface area (Å²) in [6.45, 7) is 6.24. The summed E-state index contributed by atoms with van der Waals surface area (Å²) < 4.78 is 10.7. The summed E-state index contributed by atoms with van der Waals surface area (Å²) in [5.74, 6) is -0.838. The number of amides is 2. The molecule has 1 heterocycles. The summed E-state index contributed by atoms with van der Waals surface area (Å²) in [4.78, 5) is 39.4. The number of esters is 1. The van der Waals surface area contributed by atoms with E-state index in [2.05, 4.69) is 5.32 Å². The minimum Gasteiger partial charge on any atom is -0.494 e. The van der Waals surface area contributed by atoms with Crippen LogP contribution in [0.1, 0.15) is 36.7 Å². The highest BCUT2D eigenvalue weighted by Gasteiger charge is 2.29. The van der Waals surface area contributed by atoms with Gasteiger partial charge < -0.3 is 19.7 Å². The molecule has 1 aliphatic rings. The van der Waals surface area contributed by atoms with Crippen molar-refractivity contribution in [3.8, 4) is 5.75 Å². The van der Waals surface area contributed by atoms with E-state index in [1.165, 1.54) is 0 Å². The van der Waals surface area contributed by atoms with Gasteiger partial charge in [-0.3, -0.25) is 9.59 Å². The molecule has 2 aromatic rings. The van der Waals surface area contributed by atoms with Gasteiger partial charge in [0.2, 0.25) is 0 Å². The van der Waals surface area contributed by atoms with Crippen molar-refractivity contribution in [1.82, 2.24) is 5.32 Å². The van der Waals surface area contributed by atoms with Crippen LogP contribution < -0.4 is 15.0 Å². The molecule has 0 radical (unpaired) electrons. The lowest BCUT2D eigenvalue weighted by Crippen LogP contribution is -2.46. The van der Waals surface area contributed by atoms with Crippen molar-refractivity contribution in [2.75, 3.05) is 24.7 Å². The lowest BCUT2D eigenvalue weighted by molar-refractivity contribution is -0.150. The third-order valence-electron chi connectivity index (χ3n) is 5.16. The van der Waals surface area contributed by atoms with Crippen molar-refractivity contribution in [2.45, 2.75) is 33.2 Å². The molecule has 0 unspecified atom stereocenters. The molecule has 0 spiro atoms. The predicted octanol–water partition coefficient (Wildman–Crippen LogP) is 2.97. The predicted molar refractivity (Wildman–Crippen MR) is 117 cm³/mol. The van der Waals surface area contributed by atoms with Crippen molar-refractivity contribution in [2.24, 2.45) is 5.92 Å². The second-order valence-corrected chi connectivity index (χ2v) is 7.68. The molecule has 31 heavy (non-hydrogen) atoms. The standard InChI is InChI=1S/C24H28N2O5/c1-4-30-19-11-9-18(10-12-19)23(28)25-22(16(2)3)24(29)31-15-21(27)26-14-13-17-7-5-6-8-20(17)26/h5-12,16,22H,4,13-15H2,1-3H3,(H,25,28)/t22-/m0/s1. The highest BCUT2D eigenvalue weighted by molar-refractivity contribution is 5.99. The van der Waals surface area contributed by atoms with Gasteiger partial charge in [-0.05, 0) is 55.2 Å². The van der Waals surface area contributed by atoms with E-state index in [9.17, 15) is 14.4 Å². The van der Waals surface area contributed by atoms with Gasteiger partial charge >= 0.3 is 5.97 Å². The molecule has 2 aromatic carbocycles. The van der Waals surface area contributed by atoms with E-state index < -0.39 is 17.9 Å². The monoisotopic (exact) mass is 424 g/mol. The first-order valence-corrected chi connectivity index (χ1v) is 10.5. The topological polar surface area (TPSA) is 84.9 Å². The molecule has 7 heteroatoms. The fourth-order valence-corrected chi connectivity index (χ4v) is 3.49. The molecule has 0 aromatic heterocycles. The normalized spacial score (nSPS) is 13.5. The summed E-state index contributed by atoms with van der Waals surface area (Å²) >= 11 is 0. The Labute approximate surface area is 182 Å². The number of carbonyl (C=O) groups is 3. The number of carbonyl (C=O) groups excluding carboxylic acids is 3. The van der Waals surface area contributed by atoms with E-state index in [1.807, 2.05) is 45.0 Å².